The van der Waals surface area contributed by atoms with Gasteiger partial charge in [0.2, 0.25) is 0 Å². The van der Waals surface area contributed by atoms with Crippen LogP contribution in [0.2, 0.25) is 0 Å². The second-order valence-corrected chi connectivity index (χ2v) is 6.30. The van der Waals surface area contributed by atoms with Crippen molar-refractivity contribution in [1.29, 1.82) is 0 Å². The summed E-state index contributed by atoms with van der Waals surface area (Å²) in [5, 5.41) is 2.85. The predicted molar refractivity (Wildman–Crippen MR) is 101 cm³/mol. The number of benzene rings is 2. The van der Waals surface area contributed by atoms with Gasteiger partial charge in [-0.25, -0.2) is 9.97 Å². The molecule has 3 rings (SSSR count). The van der Waals surface area contributed by atoms with Crippen molar-refractivity contribution in [3.8, 4) is 17.1 Å². The first-order valence-electron chi connectivity index (χ1n) is 7.62. The fraction of sp³-hybridized carbons (Fsp3) is 0.105. The molecule has 0 bridgehead atoms. The highest BCUT2D eigenvalue weighted by Gasteiger charge is 2.13. The average molecular weight is 398 g/mol. The van der Waals surface area contributed by atoms with E-state index in [9.17, 15) is 4.79 Å². The monoisotopic (exact) mass is 397 g/mol. The molecule has 0 fully saturated rings. The van der Waals surface area contributed by atoms with E-state index >= 15 is 0 Å². The standard InChI is InChI=1S/C19H16BrN3O2/c1-12-17(19(24)23-15-5-3-4-14(20)10-15)11-21-18(22-12)13-6-8-16(25-2)9-7-13/h3-11H,1-2H3,(H,23,24). The van der Waals surface area contributed by atoms with Gasteiger partial charge in [0.15, 0.2) is 5.82 Å². The second kappa shape index (κ2) is 7.44. The highest BCUT2D eigenvalue weighted by atomic mass is 79.9. The zero-order chi connectivity index (χ0) is 17.8. The Kier molecular flexibility index (Phi) is 5.09. The summed E-state index contributed by atoms with van der Waals surface area (Å²) in [5.74, 6) is 1.10. The lowest BCUT2D eigenvalue weighted by molar-refractivity contribution is 0.102. The van der Waals surface area contributed by atoms with E-state index in [1.54, 1.807) is 20.2 Å². The fourth-order valence-electron chi connectivity index (χ4n) is 2.33. The maximum Gasteiger partial charge on any atom is 0.259 e. The molecule has 25 heavy (non-hydrogen) atoms. The van der Waals surface area contributed by atoms with Crippen LogP contribution in [0.1, 0.15) is 16.1 Å². The summed E-state index contributed by atoms with van der Waals surface area (Å²) in [5.41, 5.74) is 2.63. The molecule has 0 aliphatic carbocycles. The van der Waals surface area contributed by atoms with Gasteiger partial charge in [-0.15, -0.1) is 0 Å². The lowest BCUT2D eigenvalue weighted by Crippen LogP contribution is -2.15. The molecule has 3 aromatic rings. The van der Waals surface area contributed by atoms with Gasteiger partial charge in [0.25, 0.3) is 5.91 Å². The molecule has 1 N–H and O–H groups in total. The summed E-state index contributed by atoms with van der Waals surface area (Å²) in [6, 6.07) is 14.9. The molecular weight excluding hydrogens is 382 g/mol. The maximum atomic E-state index is 12.5. The quantitative estimate of drug-likeness (QED) is 0.704. The van der Waals surface area contributed by atoms with Crippen molar-refractivity contribution in [1.82, 2.24) is 9.97 Å². The van der Waals surface area contributed by atoms with Crippen LogP contribution in [-0.4, -0.2) is 23.0 Å². The molecule has 0 atom stereocenters. The number of methoxy groups -OCH3 is 1. The number of ether oxygens (including phenoxy) is 1. The van der Waals surface area contributed by atoms with E-state index in [2.05, 4.69) is 31.2 Å². The minimum absolute atomic E-state index is 0.239. The molecule has 0 unspecified atom stereocenters. The van der Waals surface area contributed by atoms with Crippen LogP contribution in [0.15, 0.2) is 59.2 Å². The number of hydrogen-bond donors (Lipinski definition) is 1. The van der Waals surface area contributed by atoms with Gasteiger partial charge >= 0.3 is 0 Å². The Labute approximate surface area is 154 Å². The van der Waals surface area contributed by atoms with Crippen molar-refractivity contribution in [3.63, 3.8) is 0 Å². The molecule has 0 radical (unpaired) electrons. The number of hydrogen-bond acceptors (Lipinski definition) is 4. The summed E-state index contributed by atoms with van der Waals surface area (Å²) in [6.45, 7) is 1.80. The maximum absolute atomic E-state index is 12.5. The van der Waals surface area contributed by atoms with Crippen LogP contribution in [0.4, 0.5) is 5.69 Å². The van der Waals surface area contributed by atoms with E-state index in [0.29, 0.717) is 22.8 Å². The van der Waals surface area contributed by atoms with Crippen molar-refractivity contribution < 1.29 is 9.53 Å². The first-order valence-corrected chi connectivity index (χ1v) is 8.41. The number of anilines is 1. The SMILES string of the molecule is COc1ccc(-c2ncc(C(=O)Nc3cccc(Br)c3)c(C)n2)cc1. The minimum atomic E-state index is -0.239. The normalized spacial score (nSPS) is 10.4. The summed E-state index contributed by atoms with van der Waals surface area (Å²) in [6.07, 6.45) is 1.55. The molecular formula is C19H16BrN3O2. The molecule has 0 saturated carbocycles. The number of carbonyl (C=O) groups is 1. The Bertz CT molecular complexity index is 911. The van der Waals surface area contributed by atoms with Crippen molar-refractivity contribution in [2.24, 2.45) is 0 Å². The zero-order valence-electron chi connectivity index (χ0n) is 13.8. The molecule has 0 aliphatic heterocycles. The third-order valence-electron chi connectivity index (χ3n) is 3.65. The second-order valence-electron chi connectivity index (χ2n) is 5.39. The lowest BCUT2D eigenvalue weighted by Gasteiger charge is -2.09. The van der Waals surface area contributed by atoms with Crippen LogP contribution in [0.3, 0.4) is 0 Å². The number of amides is 1. The molecule has 2 aromatic carbocycles. The third kappa shape index (κ3) is 4.03. The largest absolute Gasteiger partial charge is 0.497 e. The van der Waals surface area contributed by atoms with E-state index in [1.165, 1.54) is 0 Å². The number of nitrogens with one attached hydrogen (secondary N) is 1. The summed E-state index contributed by atoms with van der Waals surface area (Å²) < 4.78 is 6.04. The van der Waals surface area contributed by atoms with E-state index in [0.717, 1.165) is 15.8 Å². The van der Waals surface area contributed by atoms with Crippen molar-refractivity contribution >= 4 is 27.5 Å². The van der Waals surface area contributed by atoms with Gasteiger partial charge in [-0.3, -0.25) is 4.79 Å². The zero-order valence-corrected chi connectivity index (χ0v) is 15.4. The number of halogens is 1. The third-order valence-corrected chi connectivity index (χ3v) is 4.15. The Hall–Kier alpha value is -2.73. The van der Waals surface area contributed by atoms with Gasteiger partial charge in [-0.05, 0) is 49.4 Å². The number of nitrogens with zero attached hydrogens (tertiary/aromatic N) is 2. The summed E-state index contributed by atoms with van der Waals surface area (Å²) in [7, 11) is 1.62. The van der Waals surface area contributed by atoms with Crippen LogP contribution < -0.4 is 10.1 Å². The highest BCUT2D eigenvalue weighted by Crippen LogP contribution is 2.21. The number of aromatic nitrogens is 2. The van der Waals surface area contributed by atoms with Gasteiger partial charge in [0.05, 0.1) is 18.4 Å². The highest BCUT2D eigenvalue weighted by molar-refractivity contribution is 9.10. The van der Waals surface area contributed by atoms with E-state index in [4.69, 9.17) is 4.74 Å². The number of aryl methyl sites for hydroxylation is 1. The van der Waals surface area contributed by atoms with Gasteiger partial charge in [-0.2, -0.15) is 0 Å². The topological polar surface area (TPSA) is 64.1 Å². The van der Waals surface area contributed by atoms with Gasteiger partial charge < -0.3 is 10.1 Å². The molecule has 6 heteroatoms. The molecule has 1 heterocycles. The average Bonchev–Trinajstić information content (AvgIpc) is 2.61. The van der Waals surface area contributed by atoms with Crippen molar-refractivity contribution in [2.75, 3.05) is 12.4 Å². The molecule has 0 saturated heterocycles. The lowest BCUT2D eigenvalue weighted by atomic mass is 10.1. The summed E-state index contributed by atoms with van der Waals surface area (Å²) in [4.78, 5) is 21.2. The fourth-order valence-corrected chi connectivity index (χ4v) is 2.73. The van der Waals surface area contributed by atoms with Gasteiger partial charge in [0.1, 0.15) is 5.75 Å². The van der Waals surface area contributed by atoms with Crippen LogP contribution in [-0.2, 0) is 0 Å². The van der Waals surface area contributed by atoms with Crippen LogP contribution >= 0.6 is 15.9 Å². The smallest absolute Gasteiger partial charge is 0.259 e. The molecule has 126 valence electrons. The summed E-state index contributed by atoms with van der Waals surface area (Å²) >= 11 is 3.38. The molecule has 0 spiro atoms. The molecule has 1 aromatic heterocycles. The first-order chi connectivity index (χ1) is 12.1. The van der Waals surface area contributed by atoms with Crippen LogP contribution in [0, 0.1) is 6.92 Å². The number of carbonyl (C=O) groups excluding carboxylic acids is 1. The predicted octanol–water partition coefficient (Wildman–Crippen LogP) is 4.48. The molecule has 1 amide bonds. The van der Waals surface area contributed by atoms with Crippen LogP contribution in [0.5, 0.6) is 5.75 Å². The first kappa shape index (κ1) is 17.1. The Morgan fingerprint density at radius 3 is 2.56 bits per heavy atom. The van der Waals surface area contributed by atoms with Crippen molar-refractivity contribution in [2.45, 2.75) is 6.92 Å². The molecule has 0 aliphatic rings. The van der Waals surface area contributed by atoms with Gasteiger partial charge in [0, 0.05) is 21.9 Å². The van der Waals surface area contributed by atoms with Crippen molar-refractivity contribution in [3.05, 3.63) is 70.5 Å². The molecule has 5 nitrogen and oxygen atoms in total. The number of rotatable bonds is 4. The van der Waals surface area contributed by atoms with Gasteiger partial charge in [-0.1, -0.05) is 22.0 Å². The Morgan fingerprint density at radius 2 is 1.92 bits per heavy atom. The van der Waals surface area contributed by atoms with E-state index in [-0.39, 0.29) is 5.91 Å². The minimum Gasteiger partial charge on any atom is -0.497 e. The van der Waals surface area contributed by atoms with E-state index < -0.39 is 0 Å². The van der Waals surface area contributed by atoms with Crippen LogP contribution in [0.25, 0.3) is 11.4 Å². The van der Waals surface area contributed by atoms with E-state index in [1.807, 2.05) is 48.5 Å². The Balaban J connectivity index is 1.82. The Morgan fingerprint density at radius 1 is 1.16 bits per heavy atom.